The Kier molecular flexibility index (Phi) is 23.6. The van der Waals surface area contributed by atoms with Gasteiger partial charge in [-0.25, -0.2) is 5.01 Å². The van der Waals surface area contributed by atoms with E-state index < -0.39 is 0 Å². The molecule has 0 bridgehead atoms. The van der Waals surface area contributed by atoms with Crippen molar-refractivity contribution < 1.29 is 38.1 Å². The Morgan fingerprint density at radius 3 is 1.27 bits per heavy atom. The third-order valence-electron chi connectivity index (χ3n) is 3.65. The molecular formula is C28H58N4O8. The Bertz CT molecular complexity index is 639. The van der Waals surface area contributed by atoms with Gasteiger partial charge in [0, 0.05) is 60.0 Å². The minimum absolute atomic E-state index is 0.181. The minimum Gasteiger partial charge on any atom is -0.465 e. The number of nitrogens with zero attached hydrogens (tertiary/aromatic N) is 1. The largest absolute Gasteiger partial charge is 0.465 e. The number of ether oxygens (including phenoxy) is 4. The molecule has 1 saturated heterocycles. The van der Waals surface area contributed by atoms with Crippen LogP contribution in [0.3, 0.4) is 0 Å². The highest BCUT2D eigenvalue weighted by atomic mass is 16.6. The number of hydrogen-bond acceptors (Lipinski definition) is 12. The fourth-order valence-electron chi connectivity index (χ4n) is 2.81. The lowest BCUT2D eigenvalue weighted by atomic mass is 10.2. The summed E-state index contributed by atoms with van der Waals surface area (Å²) in [6, 6.07) is 0. The van der Waals surface area contributed by atoms with Gasteiger partial charge in [0.25, 0.3) is 0 Å². The van der Waals surface area contributed by atoms with Crippen LogP contribution < -0.4 is 16.1 Å². The second-order valence-corrected chi connectivity index (χ2v) is 11.8. The molecule has 238 valence electrons. The van der Waals surface area contributed by atoms with E-state index in [1.165, 1.54) is 20.8 Å². The van der Waals surface area contributed by atoms with Crippen LogP contribution in [0.2, 0.25) is 0 Å². The van der Waals surface area contributed by atoms with Crippen molar-refractivity contribution in [3.8, 4) is 0 Å². The summed E-state index contributed by atoms with van der Waals surface area (Å²) in [6.07, 6.45) is 0. The van der Waals surface area contributed by atoms with E-state index in [1.54, 1.807) is 0 Å². The molecule has 12 heteroatoms. The molecule has 3 N–H and O–H groups in total. The van der Waals surface area contributed by atoms with Gasteiger partial charge in [0.05, 0.1) is 6.61 Å². The Balaban J connectivity index is -0.000000489. The molecule has 0 aromatic carbocycles. The van der Waals surface area contributed by atoms with Crippen molar-refractivity contribution in [3.63, 3.8) is 0 Å². The van der Waals surface area contributed by atoms with Crippen LogP contribution in [0.15, 0.2) is 0 Å². The predicted octanol–water partition coefficient (Wildman–Crippen LogP) is 2.59. The molecule has 0 saturated carbocycles. The van der Waals surface area contributed by atoms with Crippen LogP contribution in [0.5, 0.6) is 0 Å². The molecule has 0 aromatic rings. The van der Waals surface area contributed by atoms with E-state index >= 15 is 0 Å². The molecule has 0 spiro atoms. The van der Waals surface area contributed by atoms with Gasteiger partial charge in [-0.3, -0.25) is 24.6 Å². The standard InChI is InChI=1S/C10H22N4O2.3C6H12O2/c1-2-16-10(15)9-14-8-7-12-4-3-11-5-6-13-14;3*1-5(7)8-6(2,3)4/h11-13H,2-9H2,1H3;3*1-4H3. The van der Waals surface area contributed by atoms with E-state index in [0.717, 1.165) is 39.3 Å². The number of rotatable bonds is 3. The summed E-state index contributed by atoms with van der Waals surface area (Å²) in [6.45, 7) is 28.7. The van der Waals surface area contributed by atoms with Crippen molar-refractivity contribution in [2.75, 3.05) is 52.4 Å². The zero-order valence-electron chi connectivity index (χ0n) is 27.4. The zero-order valence-corrected chi connectivity index (χ0v) is 27.4. The normalized spacial score (nSPS) is 14.7. The number of hydrogen-bond donors (Lipinski definition) is 3. The molecule has 0 amide bonds. The lowest BCUT2D eigenvalue weighted by Gasteiger charge is -2.24. The third-order valence-corrected chi connectivity index (χ3v) is 3.65. The second kappa shape index (κ2) is 22.4. The molecule has 1 heterocycles. The Morgan fingerprint density at radius 1 is 0.625 bits per heavy atom. The smallest absolute Gasteiger partial charge is 0.321 e. The van der Waals surface area contributed by atoms with Gasteiger partial charge >= 0.3 is 23.9 Å². The predicted molar refractivity (Wildman–Crippen MR) is 157 cm³/mol. The topological polar surface area (TPSA) is 145 Å². The Hall–Kier alpha value is -2.28. The molecule has 40 heavy (non-hydrogen) atoms. The zero-order chi connectivity index (χ0) is 32.0. The summed E-state index contributed by atoms with van der Waals surface area (Å²) in [4.78, 5) is 42.0. The van der Waals surface area contributed by atoms with E-state index in [-0.39, 0.29) is 40.7 Å². The molecule has 0 unspecified atom stereocenters. The minimum atomic E-state index is -0.328. The van der Waals surface area contributed by atoms with E-state index in [2.05, 4.69) is 16.1 Å². The van der Waals surface area contributed by atoms with E-state index in [1.807, 2.05) is 74.2 Å². The summed E-state index contributed by atoms with van der Waals surface area (Å²) in [5.74, 6) is -0.854. The SMILES string of the molecule is CC(=O)OC(C)(C)C.CC(=O)OC(C)(C)C.CC(=O)OC(C)(C)C.CCOC(=O)CN1CCNCCNCCN1. The first kappa shape index (κ1) is 42.2. The van der Waals surface area contributed by atoms with Crippen molar-refractivity contribution in [2.45, 2.75) is 107 Å². The van der Waals surface area contributed by atoms with Crippen molar-refractivity contribution in [3.05, 3.63) is 0 Å². The summed E-state index contributed by atoms with van der Waals surface area (Å²) in [5.41, 5.74) is 2.23. The van der Waals surface area contributed by atoms with Gasteiger partial charge in [-0.15, -0.1) is 0 Å². The van der Waals surface area contributed by atoms with Gasteiger partial charge in [0.15, 0.2) is 0 Å². The molecule has 12 nitrogen and oxygen atoms in total. The van der Waals surface area contributed by atoms with Crippen LogP contribution in [0, 0.1) is 0 Å². The third kappa shape index (κ3) is 42.8. The molecule has 1 fully saturated rings. The highest BCUT2D eigenvalue weighted by Crippen LogP contribution is 2.06. The molecule has 0 aliphatic carbocycles. The van der Waals surface area contributed by atoms with Crippen LogP contribution in [0.4, 0.5) is 0 Å². The van der Waals surface area contributed by atoms with Crippen molar-refractivity contribution in [1.82, 2.24) is 21.1 Å². The molecule has 1 aliphatic rings. The quantitative estimate of drug-likeness (QED) is 0.334. The number of carbonyl (C=O) groups is 4. The number of hydrazine groups is 1. The lowest BCUT2D eigenvalue weighted by Crippen LogP contribution is -2.49. The summed E-state index contributed by atoms with van der Waals surface area (Å²) < 4.78 is 19.3. The van der Waals surface area contributed by atoms with Crippen molar-refractivity contribution >= 4 is 23.9 Å². The average molecular weight is 579 g/mol. The van der Waals surface area contributed by atoms with Gasteiger partial charge in [-0.05, 0) is 69.2 Å². The summed E-state index contributed by atoms with van der Waals surface area (Å²) in [5, 5.41) is 8.48. The maximum Gasteiger partial charge on any atom is 0.321 e. The van der Waals surface area contributed by atoms with Crippen molar-refractivity contribution in [2.24, 2.45) is 0 Å². The molecule has 0 radical (unpaired) electrons. The summed E-state index contributed by atoms with van der Waals surface area (Å²) >= 11 is 0. The summed E-state index contributed by atoms with van der Waals surface area (Å²) in [7, 11) is 0. The molecule has 1 aliphatic heterocycles. The van der Waals surface area contributed by atoms with E-state index in [0.29, 0.717) is 13.2 Å². The molecule has 0 atom stereocenters. The highest BCUT2D eigenvalue weighted by molar-refractivity contribution is 5.71. The number of esters is 4. The van der Waals surface area contributed by atoms with E-state index in [4.69, 9.17) is 18.9 Å². The van der Waals surface area contributed by atoms with Gasteiger partial charge < -0.3 is 29.6 Å². The fraction of sp³-hybridized carbons (Fsp3) is 0.857. The first-order chi connectivity index (χ1) is 18.1. The number of carbonyl (C=O) groups excluding carboxylic acids is 4. The van der Waals surface area contributed by atoms with Gasteiger partial charge in [0.1, 0.15) is 23.3 Å². The van der Waals surface area contributed by atoms with Crippen LogP contribution >= 0.6 is 0 Å². The first-order valence-corrected chi connectivity index (χ1v) is 13.7. The second-order valence-electron chi connectivity index (χ2n) is 11.8. The molecule has 0 aromatic heterocycles. The van der Waals surface area contributed by atoms with Crippen LogP contribution in [-0.2, 0) is 38.1 Å². The fourth-order valence-corrected chi connectivity index (χ4v) is 2.81. The highest BCUT2D eigenvalue weighted by Gasteiger charge is 2.13. The van der Waals surface area contributed by atoms with Gasteiger partial charge in [-0.1, -0.05) is 0 Å². The van der Waals surface area contributed by atoms with Crippen LogP contribution in [0.1, 0.15) is 90.0 Å². The Morgan fingerprint density at radius 2 is 0.975 bits per heavy atom. The average Bonchev–Trinajstić information content (AvgIpc) is 2.69. The van der Waals surface area contributed by atoms with E-state index in [9.17, 15) is 19.2 Å². The van der Waals surface area contributed by atoms with Crippen LogP contribution in [-0.4, -0.2) is 98.1 Å². The van der Waals surface area contributed by atoms with Crippen LogP contribution in [0.25, 0.3) is 0 Å². The lowest BCUT2D eigenvalue weighted by molar-refractivity contribution is -0.153. The molecular weight excluding hydrogens is 520 g/mol. The maximum absolute atomic E-state index is 11.3. The molecule has 1 rings (SSSR count). The first-order valence-electron chi connectivity index (χ1n) is 13.7. The number of nitrogens with one attached hydrogen (secondary N) is 3. The monoisotopic (exact) mass is 578 g/mol. The van der Waals surface area contributed by atoms with Crippen molar-refractivity contribution in [1.29, 1.82) is 0 Å². The van der Waals surface area contributed by atoms with Gasteiger partial charge in [-0.2, -0.15) is 0 Å². The maximum atomic E-state index is 11.3. The Labute approximate surface area is 242 Å². The van der Waals surface area contributed by atoms with Gasteiger partial charge in [0.2, 0.25) is 0 Å².